The van der Waals surface area contributed by atoms with Crippen molar-refractivity contribution in [2.45, 2.75) is 17.9 Å². The second kappa shape index (κ2) is 6.33. The number of benzene rings is 2. The second-order valence-corrected chi connectivity index (χ2v) is 5.97. The predicted molar refractivity (Wildman–Crippen MR) is 85.5 cm³/mol. The minimum atomic E-state index is 0.562. The van der Waals surface area contributed by atoms with Gasteiger partial charge >= 0.3 is 0 Å². The fourth-order valence-electron chi connectivity index (χ4n) is 1.92. The monoisotopic (exact) mass is 316 g/mol. The predicted octanol–water partition coefficient (Wildman–Crippen LogP) is 4.99. The van der Waals surface area contributed by atoms with Crippen molar-refractivity contribution in [1.82, 2.24) is 10.2 Å². The summed E-state index contributed by atoms with van der Waals surface area (Å²) in [6.45, 7) is 2.03. The number of thioether (sulfide) groups is 1. The molecule has 0 saturated carbocycles. The van der Waals surface area contributed by atoms with Gasteiger partial charge in [0.15, 0.2) is 0 Å². The van der Waals surface area contributed by atoms with Crippen molar-refractivity contribution in [2.24, 2.45) is 0 Å². The molecule has 3 aromatic rings. The molecule has 0 aliphatic rings. The Balaban J connectivity index is 1.71. The second-order valence-electron chi connectivity index (χ2n) is 4.60. The quantitative estimate of drug-likeness (QED) is 0.636. The Hall–Kier alpha value is -1.78. The van der Waals surface area contributed by atoms with Crippen LogP contribution < -0.4 is 0 Å². The highest BCUT2D eigenvalue weighted by Gasteiger charge is 2.10. The van der Waals surface area contributed by atoms with Gasteiger partial charge in [-0.15, -0.1) is 10.2 Å². The molecule has 0 spiro atoms. The number of aryl methyl sites for hydroxylation is 1. The Kier molecular flexibility index (Phi) is 4.27. The molecule has 0 aliphatic carbocycles. The molecule has 0 amide bonds. The van der Waals surface area contributed by atoms with Crippen LogP contribution in [0.2, 0.25) is 5.02 Å². The Morgan fingerprint density at radius 1 is 1.05 bits per heavy atom. The number of rotatable bonds is 4. The summed E-state index contributed by atoms with van der Waals surface area (Å²) in [5.41, 5.74) is 3.26. The van der Waals surface area contributed by atoms with Crippen LogP contribution in [0.25, 0.3) is 11.5 Å². The Morgan fingerprint density at radius 3 is 2.57 bits per heavy atom. The fourth-order valence-corrected chi connectivity index (χ4v) is 2.76. The van der Waals surface area contributed by atoms with Crippen molar-refractivity contribution in [2.75, 3.05) is 0 Å². The molecule has 2 aromatic carbocycles. The zero-order valence-corrected chi connectivity index (χ0v) is 13.0. The third kappa shape index (κ3) is 3.46. The van der Waals surface area contributed by atoms with E-state index < -0.39 is 0 Å². The van der Waals surface area contributed by atoms with Gasteiger partial charge in [-0.3, -0.25) is 0 Å². The molecule has 0 radical (unpaired) electrons. The van der Waals surface area contributed by atoms with Crippen molar-refractivity contribution in [1.29, 1.82) is 0 Å². The lowest BCUT2D eigenvalue weighted by molar-refractivity contribution is 0.465. The van der Waals surface area contributed by atoms with Gasteiger partial charge in [0.25, 0.3) is 5.22 Å². The molecule has 5 heteroatoms. The lowest BCUT2D eigenvalue weighted by Gasteiger charge is -1.99. The molecule has 1 aromatic heterocycles. The zero-order chi connectivity index (χ0) is 14.7. The van der Waals surface area contributed by atoms with Gasteiger partial charge in [-0.1, -0.05) is 53.7 Å². The van der Waals surface area contributed by atoms with Gasteiger partial charge in [0, 0.05) is 16.3 Å². The topological polar surface area (TPSA) is 38.9 Å². The molecule has 106 valence electrons. The maximum Gasteiger partial charge on any atom is 0.277 e. The zero-order valence-electron chi connectivity index (χ0n) is 11.4. The number of aromatic nitrogens is 2. The lowest BCUT2D eigenvalue weighted by atomic mass is 10.1. The van der Waals surface area contributed by atoms with Gasteiger partial charge in [0.05, 0.1) is 0 Å². The fraction of sp³-hybridized carbons (Fsp3) is 0.125. The van der Waals surface area contributed by atoms with Crippen molar-refractivity contribution in [3.63, 3.8) is 0 Å². The summed E-state index contributed by atoms with van der Waals surface area (Å²) in [6.07, 6.45) is 0. The van der Waals surface area contributed by atoms with Gasteiger partial charge < -0.3 is 4.42 Å². The lowest BCUT2D eigenvalue weighted by Crippen LogP contribution is -1.81. The normalized spacial score (nSPS) is 10.8. The summed E-state index contributed by atoms with van der Waals surface area (Å²) in [5.74, 6) is 1.33. The molecule has 3 nitrogen and oxygen atoms in total. The van der Waals surface area contributed by atoms with Crippen LogP contribution in [0.1, 0.15) is 11.1 Å². The molecular weight excluding hydrogens is 304 g/mol. The standard InChI is InChI=1S/C16H13ClN2OS/c1-11-4-2-3-5-14(11)15-18-19-16(20-15)21-10-12-6-8-13(17)9-7-12/h2-9H,10H2,1H3. The first-order valence-corrected chi connectivity index (χ1v) is 7.85. The molecule has 21 heavy (non-hydrogen) atoms. The highest BCUT2D eigenvalue weighted by Crippen LogP contribution is 2.27. The largest absolute Gasteiger partial charge is 0.411 e. The summed E-state index contributed by atoms with van der Waals surface area (Å²) in [5, 5.41) is 9.51. The van der Waals surface area contributed by atoms with Crippen LogP contribution in [0, 0.1) is 6.92 Å². The number of nitrogens with zero attached hydrogens (tertiary/aromatic N) is 2. The van der Waals surface area contributed by atoms with Gasteiger partial charge in [-0.2, -0.15) is 0 Å². The van der Waals surface area contributed by atoms with E-state index in [-0.39, 0.29) is 0 Å². The van der Waals surface area contributed by atoms with E-state index in [1.165, 1.54) is 17.3 Å². The van der Waals surface area contributed by atoms with Crippen LogP contribution in [0.15, 0.2) is 58.2 Å². The molecule has 0 aliphatic heterocycles. The number of hydrogen-bond donors (Lipinski definition) is 0. The van der Waals surface area contributed by atoms with Crippen LogP contribution in [-0.4, -0.2) is 10.2 Å². The summed E-state index contributed by atoms with van der Waals surface area (Å²) in [6, 6.07) is 15.7. The van der Waals surface area contributed by atoms with Crippen LogP contribution in [-0.2, 0) is 5.75 Å². The van der Waals surface area contributed by atoms with Gasteiger partial charge in [-0.05, 0) is 36.2 Å². The van der Waals surface area contributed by atoms with Gasteiger partial charge in [0.1, 0.15) is 0 Å². The summed E-state index contributed by atoms with van der Waals surface area (Å²) < 4.78 is 5.71. The maximum absolute atomic E-state index is 5.87. The van der Waals surface area contributed by atoms with Gasteiger partial charge in [0.2, 0.25) is 5.89 Å². The van der Waals surface area contributed by atoms with E-state index in [1.807, 2.05) is 55.5 Å². The molecule has 0 fully saturated rings. The Morgan fingerprint density at radius 2 is 1.81 bits per heavy atom. The van der Waals surface area contributed by atoms with E-state index in [0.717, 1.165) is 21.9 Å². The third-order valence-electron chi connectivity index (χ3n) is 3.06. The highest BCUT2D eigenvalue weighted by molar-refractivity contribution is 7.98. The first-order valence-electron chi connectivity index (χ1n) is 6.49. The highest BCUT2D eigenvalue weighted by atomic mass is 35.5. The minimum Gasteiger partial charge on any atom is -0.411 e. The SMILES string of the molecule is Cc1ccccc1-c1nnc(SCc2ccc(Cl)cc2)o1. The summed E-state index contributed by atoms with van der Waals surface area (Å²) >= 11 is 7.38. The van der Waals surface area contributed by atoms with E-state index in [4.69, 9.17) is 16.0 Å². The van der Waals surface area contributed by atoms with E-state index >= 15 is 0 Å². The molecule has 1 heterocycles. The maximum atomic E-state index is 5.87. The molecule has 0 unspecified atom stereocenters. The third-order valence-corrected chi connectivity index (χ3v) is 4.20. The van der Waals surface area contributed by atoms with Crippen molar-refractivity contribution in [3.05, 3.63) is 64.7 Å². The van der Waals surface area contributed by atoms with Crippen molar-refractivity contribution >= 4 is 23.4 Å². The Labute approximate surface area is 132 Å². The average molecular weight is 317 g/mol. The Bertz CT molecular complexity index is 740. The molecule has 0 atom stereocenters. The van der Waals surface area contributed by atoms with E-state index in [2.05, 4.69) is 10.2 Å². The number of hydrogen-bond acceptors (Lipinski definition) is 4. The van der Waals surface area contributed by atoms with Crippen LogP contribution in [0.3, 0.4) is 0 Å². The van der Waals surface area contributed by atoms with Crippen molar-refractivity contribution < 1.29 is 4.42 Å². The van der Waals surface area contributed by atoms with E-state index in [1.54, 1.807) is 0 Å². The molecule has 0 saturated heterocycles. The average Bonchev–Trinajstić information content (AvgIpc) is 2.96. The van der Waals surface area contributed by atoms with Crippen molar-refractivity contribution in [3.8, 4) is 11.5 Å². The van der Waals surface area contributed by atoms with Crippen LogP contribution in [0.5, 0.6) is 0 Å². The first kappa shape index (κ1) is 14.2. The molecule has 0 bridgehead atoms. The smallest absolute Gasteiger partial charge is 0.277 e. The van der Waals surface area contributed by atoms with E-state index in [9.17, 15) is 0 Å². The van der Waals surface area contributed by atoms with Crippen LogP contribution >= 0.6 is 23.4 Å². The van der Waals surface area contributed by atoms with Gasteiger partial charge in [-0.25, -0.2) is 0 Å². The minimum absolute atomic E-state index is 0.562. The molecule has 3 rings (SSSR count). The molecule has 0 N–H and O–H groups in total. The molecular formula is C16H13ClN2OS. The first-order chi connectivity index (χ1) is 10.2. The van der Waals surface area contributed by atoms with Crippen LogP contribution in [0.4, 0.5) is 0 Å². The summed E-state index contributed by atoms with van der Waals surface area (Å²) in [7, 11) is 0. The summed E-state index contributed by atoms with van der Waals surface area (Å²) in [4.78, 5) is 0. The van der Waals surface area contributed by atoms with E-state index in [0.29, 0.717) is 11.1 Å². The number of halogens is 1.